The number of benzene rings is 1. The van der Waals surface area contributed by atoms with Crippen molar-refractivity contribution in [3.05, 3.63) is 35.4 Å². The van der Waals surface area contributed by atoms with Crippen LogP contribution in [0.15, 0.2) is 24.3 Å². The highest BCUT2D eigenvalue weighted by Gasteiger charge is 2.50. The Morgan fingerprint density at radius 3 is 2.76 bits per heavy atom. The highest BCUT2D eigenvalue weighted by atomic mass is 16.2. The molecule has 3 amide bonds. The number of rotatable bonds is 2. The quantitative estimate of drug-likeness (QED) is 0.709. The van der Waals surface area contributed by atoms with Crippen LogP contribution >= 0.6 is 0 Å². The summed E-state index contributed by atoms with van der Waals surface area (Å²) in [6, 6.07) is 7.60. The Kier molecular flexibility index (Phi) is 3.33. The summed E-state index contributed by atoms with van der Waals surface area (Å²) < 4.78 is 0. The van der Waals surface area contributed by atoms with E-state index < -0.39 is 17.5 Å². The van der Waals surface area contributed by atoms with Gasteiger partial charge in [-0.2, -0.15) is 0 Å². The first kappa shape index (κ1) is 13.9. The molecule has 6 nitrogen and oxygen atoms in total. The zero-order chi connectivity index (χ0) is 15.0. The predicted octanol–water partition coefficient (Wildman–Crippen LogP) is -0.0756. The number of hydrogen-bond acceptors (Lipinski definition) is 3. The van der Waals surface area contributed by atoms with E-state index in [9.17, 15) is 9.59 Å². The van der Waals surface area contributed by atoms with Gasteiger partial charge in [0, 0.05) is 19.0 Å². The number of piperazine rings is 1. The molecule has 0 spiro atoms. The van der Waals surface area contributed by atoms with Gasteiger partial charge < -0.3 is 16.4 Å². The Balaban J connectivity index is 1.99. The van der Waals surface area contributed by atoms with Crippen LogP contribution in [0, 0.1) is 0 Å². The van der Waals surface area contributed by atoms with E-state index in [-0.39, 0.29) is 12.5 Å². The lowest BCUT2D eigenvalue weighted by molar-refractivity contribution is -0.127. The average molecular weight is 288 g/mol. The van der Waals surface area contributed by atoms with E-state index in [2.05, 4.69) is 11.4 Å². The lowest BCUT2D eigenvalue weighted by atomic mass is 9.77. The highest BCUT2D eigenvalue weighted by molar-refractivity contribution is 5.88. The van der Waals surface area contributed by atoms with Crippen molar-refractivity contribution in [1.29, 1.82) is 0 Å². The zero-order valence-electron chi connectivity index (χ0n) is 11.8. The number of nitrogens with one attached hydrogen (secondary N) is 1. The summed E-state index contributed by atoms with van der Waals surface area (Å²) in [7, 11) is 0. The molecule has 2 aliphatic rings. The number of fused-ring (bicyclic) bond motifs is 1. The minimum Gasteiger partial charge on any atom is -0.368 e. The van der Waals surface area contributed by atoms with Gasteiger partial charge in [0.25, 0.3) is 0 Å². The van der Waals surface area contributed by atoms with Crippen LogP contribution in [0.1, 0.15) is 23.5 Å². The number of primary amides is 2. The lowest BCUT2D eigenvalue weighted by Crippen LogP contribution is -2.70. The molecule has 6 heteroatoms. The molecule has 112 valence electrons. The molecule has 1 heterocycles. The molecule has 21 heavy (non-hydrogen) atoms. The lowest BCUT2D eigenvalue weighted by Gasteiger charge is -2.44. The summed E-state index contributed by atoms with van der Waals surface area (Å²) in [6.45, 7) is 1.25. The summed E-state index contributed by atoms with van der Waals surface area (Å²) >= 11 is 0. The van der Waals surface area contributed by atoms with E-state index in [0.717, 1.165) is 18.4 Å². The molecule has 5 N–H and O–H groups in total. The minimum atomic E-state index is -0.931. The van der Waals surface area contributed by atoms with Crippen molar-refractivity contribution in [2.75, 3.05) is 19.6 Å². The maximum atomic E-state index is 12.2. The third kappa shape index (κ3) is 2.15. The molecular weight excluding hydrogens is 268 g/mol. The monoisotopic (exact) mass is 288 g/mol. The highest BCUT2D eigenvalue weighted by Crippen LogP contribution is 2.41. The van der Waals surface area contributed by atoms with Crippen molar-refractivity contribution in [2.24, 2.45) is 11.5 Å². The van der Waals surface area contributed by atoms with Crippen LogP contribution < -0.4 is 16.8 Å². The Hall–Kier alpha value is -2.08. The normalized spacial score (nSPS) is 28.2. The largest absolute Gasteiger partial charge is 0.368 e. The fourth-order valence-electron chi connectivity index (χ4n) is 3.68. The Labute approximate surface area is 123 Å². The first-order valence-electron chi connectivity index (χ1n) is 7.22. The minimum absolute atomic E-state index is 0.0200. The molecule has 2 atom stereocenters. The van der Waals surface area contributed by atoms with E-state index in [0.29, 0.717) is 13.1 Å². The topological polar surface area (TPSA) is 101 Å². The number of urea groups is 1. The number of aryl methyl sites for hydroxylation is 1. The van der Waals surface area contributed by atoms with E-state index >= 15 is 0 Å². The zero-order valence-corrected chi connectivity index (χ0v) is 11.8. The number of hydrogen-bond donors (Lipinski definition) is 3. The summed E-state index contributed by atoms with van der Waals surface area (Å²) in [4.78, 5) is 25.2. The van der Waals surface area contributed by atoms with E-state index in [4.69, 9.17) is 11.5 Å². The van der Waals surface area contributed by atoms with Gasteiger partial charge in [-0.25, -0.2) is 4.79 Å². The molecule has 0 bridgehead atoms. The summed E-state index contributed by atoms with van der Waals surface area (Å²) in [5.41, 5.74) is 12.6. The smallest absolute Gasteiger partial charge is 0.314 e. The summed E-state index contributed by atoms with van der Waals surface area (Å²) in [5, 5.41) is 3.28. The molecule has 0 aromatic heterocycles. The van der Waals surface area contributed by atoms with Gasteiger partial charge in [0.15, 0.2) is 0 Å². The van der Waals surface area contributed by atoms with Crippen LogP contribution in [0.5, 0.6) is 0 Å². The molecule has 0 radical (unpaired) electrons. The fourth-order valence-corrected chi connectivity index (χ4v) is 3.68. The molecule has 1 aromatic rings. The third-order valence-electron chi connectivity index (χ3n) is 4.74. The maximum absolute atomic E-state index is 12.2. The second-order valence-corrected chi connectivity index (χ2v) is 5.81. The molecule has 1 aliphatic carbocycles. The van der Waals surface area contributed by atoms with Gasteiger partial charge in [0.05, 0.1) is 6.54 Å². The SMILES string of the molecule is NC(=O)N1CCNC(C(N)=O)(C2CCc3ccccc32)C1. The van der Waals surface area contributed by atoms with E-state index in [1.54, 1.807) is 0 Å². The molecule has 0 saturated carbocycles. The number of carbonyl (C=O) groups excluding carboxylic acids is 2. The molecule has 1 fully saturated rings. The number of nitrogens with zero attached hydrogens (tertiary/aromatic N) is 1. The van der Waals surface area contributed by atoms with Crippen molar-refractivity contribution >= 4 is 11.9 Å². The molecular formula is C15H20N4O2. The second kappa shape index (κ2) is 5.04. The Morgan fingerprint density at radius 1 is 1.29 bits per heavy atom. The van der Waals surface area contributed by atoms with Gasteiger partial charge in [-0.1, -0.05) is 24.3 Å². The molecule has 1 aliphatic heterocycles. The first-order chi connectivity index (χ1) is 10.0. The number of amides is 3. The van der Waals surface area contributed by atoms with Crippen molar-refractivity contribution in [3.8, 4) is 0 Å². The van der Waals surface area contributed by atoms with Gasteiger partial charge in [-0.05, 0) is 24.0 Å². The van der Waals surface area contributed by atoms with Gasteiger partial charge in [-0.15, -0.1) is 0 Å². The van der Waals surface area contributed by atoms with E-state index in [1.807, 2.05) is 18.2 Å². The third-order valence-corrected chi connectivity index (χ3v) is 4.74. The van der Waals surface area contributed by atoms with Gasteiger partial charge in [0.1, 0.15) is 5.54 Å². The van der Waals surface area contributed by atoms with Gasteiger partial charge in [0.2, 0.25) is 5.91 Å². The molecule has 1 aromatic carbocycles. The Bertz CT molecular complexity index is 589. The van der Waals surface area contributed by atoms with Crippen molar-refractivity contribution in [3.63, 3.8) is 0 Å². The van der Waals surface area contributed by atoms with Crippen LogP contribution in [-0.2, 0) is 11.2 Å². The van der Waals surface area contributed by atoms with Crippen LogP contribution in [-0.4, -0.2) is 42.0 Å². The van der Waals surface area contributed by atoms with Crippen molar-refractivity contribution in [2.45, 2.75) is 24.3 Å². The summed E-state index contributed by atoms with van der Waals surface area (Å²) in [5.74, 6) is -0.441. The van der Waals surface area contributed by atoms with Crippen LogP contribution in [0.4, 0.5) is 4.79 Å². The van der Waals surface area contributed by atoms with Crippen molar-refractivity contribution < 1.29 is 9.59 Å². The summed E-state index contributed by atoms with van der Waals surface area (Å²) in [6.07, 6.45) is 1.77. The number of carbonyl (C=O) groups is 2. The average Bonchev–Trinajstić information content (AvgIpc) is 2.91. The van der Waals surface area contributed by atoms with Crippen molar-refractivity contribution in [1.82, 2.24) is 10.2 Å². The maximum Gasteiger partial charge on any atom is 0.314 e. The molecule has 3 rings (SSSR count). The van der Waals surface area contributed by atoms with Crippen LogP contribution in [0.3, 0.4) is 0 Å². The molecule has 2 unspecified atom stereocenters. The fraction of sp³-hybridized carbons (Fsp3) is 0.467. The number of nitrogens with two attached hydrogens (primary N) is 2. The standard InChI is InChI=1S/C15H20N4O2/c16-13(20)15(9-19(14(17)21)8-7-18-15)12-6-5-10-3-1-2-4-11(10)12/h1-4,12,18H,5-9H2,(H2,16,20)(H2,17,21). The van der Waals surface area contributed by atoms with Crippen LogP contribution in [0.2, 0.25) is 0 Å². The van der Waals surface area contributed by atoms with Gasteiger partial charge in [-0.3, -0.25) is 10.1 Å². The van der Waals surface area contributed by atoms with Crippen LogP contribution in [0.25, 0.3) is 0 Å². The first-order valence-corrected chi connectivity index (χ1v) is 7.22. The second-order valence-electron chi connectivity index (χ2n) is 5.81. The predicted molar refractivity (Wildman–Crippen MR) is 78.6 cm³/mol. The van der Waals surface area contributed by atoms with Gasteiger partial charge >= 0.3 is 6.03 Å². The van der Waals surface area contributed by atoms with E-state index in [1.165, 1.54) is 10.5 Å². The molecule has 1 saturated heterocycles. The Morgan fingerprint density at radius 2 is 2.05 bits per heavy atom.